The lowest BCUT2D eigenvalue weighted by molar-refractivity contribution is -0.00146. The predicted molar refractivity (Wildman–Crippen MR) is 67.7 cm³/mol. The second kappa shape index (κ2) is 4.09. The molecule has 1 aliphatic rings. The van der Waals surface area contributed by atoms with E-state index in [4.69, 9.17) is 4.42 Å². The number of benzene rings is 1. The van der Waals surface area contributed by atoms with E-state index in [0.29, 0.717) is 22.6 Å². The van der Waals surface area contributed by atoms with Crippen LogP contribution in [0.2, 0.25) is 0 Å². The number of furan rings is 1. The van der Waals surface area contributed by atoms with Crippen molar-refractivity contribution in [3.05, 3.63) is 35.8 Å². The van der Waals surface area contributed by atoms with E-state index in [1.165, 1.54) is 31.4 Å². The molecule has 0 spiro atoms. The fraction of sp³-hybridized carbons (Fsp3) is 0.467. The smallest absolute Gasteiger partial charge is 0.136 e. The molecule has 1 N–H and O–H groups in total. The van der Waals surface area contributed by atoms with E-state index >= 15 is 0 Å². The minimum absolute atomic E-state index is 0.284. The first-order valence-electron chi connectivity index (χ1n) is 6.46. The first kappa shape index (κ1) is 11.7. The van der Waals surface area contributed by atoms with Crippen molar-refractivity contribution in [1.82, 2.24) is 0 Å². The number of halogens is 1. The van der Waals surface area contributed by atoms with Crippen LogP contribution in [0.15, 0.2) is 28.7 Å². The van der Waals surface area contributed by atoms with Crippen molar-refractivity contribution in [2.45, 2.75) is 38.2 Å². The van der Waals surface area contributed by atoms with Gasteiger partial charge in [0.1, 0.15) is 22.8 Å². The summed E-state index contributed by atoms with van der Waals surface area (Å²) in [4.78, 5) is 0. The highest BCUT2D eigenvalue weighted by Crippen LogP contribution is 2.39. The average molecular weight is 248 g/mol. The Morgan fingerprint density at radius 1 is 1.39 bits per heavy atom. The van der Waals surface area contributed by atoms with Gasteiger partial charge in [0.15, 0.2) is 0 Å². The minimum Gasteiger partial charge on any atom is -0.458 e. The van der Waals surface area contributed by atoms with Gasteiger partial charge >= 0.3 is 0 Å². The molecule has 0 amide bonds. The van der Waals surface area contributed by atoms with E-state index in [0.717, 1.165) is 6.42 Å². The Kier molecular flexibility index (Phi) is 2.67. The SMILES string of the molecule is CC(O)(CC1CCC1)c1cc2cc(F)ccc2o1. The van der Waals surface area contributed by atoms with Crippen LogP contribution in [-0.2, 0) is 5.60 Å². The minimum atomic E-state index is -0.958. The molecule has 1 atom stereocenters. The summed E-state index contributed by atoms with van der Waals surface area (Å²) in [6, 6.07) is 6.16. The fourth-order valence-corrected chi connectivity index (χ4v) is 2.64. The van der Waals surface area contributed by atoms with Gasteiger partial charge in [-0.3, -0.25) is 0 Å². The van der Waals surface area contributed by atoms with Crippen molar-refractivity contribution in [2.75, 3.05) is 0 Å². The molecule has 3 heteroatoms. The van der Waals surface area contributed by atoms with E-state index in [1.54, 1.807) is 19.1 Å². The van der Waals surface area contributed by atoms with Crippen molar-refractivity contribution in [1.29, 1.82) is 0 Å². The molecule has 18 heavy (non-hydrogen) atoms. The Morgan fingerprint density at radius 3 is 2.83 bits per heavy atom. The van der Waals surface area contributed by atoms with Crippen LogP contribution >= 0.6 is 0 Å². The molecule has 96 valence electrons. The van der Waals surface area contributed by atoms with Crippen LogP contribution in [0.4, 0.5) is 4.39 Å². The predicted octanol–water partition coefficient (Wildman–Crippen LogP) is 3.97. The third-order valence-electron chi connectivity index (χ3n) is 3.92. The summed E-state index contributed by atoms with van der Waals surface area (Å²) in [5.41, 5.74) is -0.332. The molecular formula is C15H17FO2. The van der Waals surface area contributed by atoms with Crippen LogP contribution in [0.5, 0.6) is 0 Å². The number of hydrogen-bond acceptors (Lipinski definition) is 2. The second-order valence-corrected chi connectivity index (χ2v) is 5.57. The third kappa shape index (κ3) is 2.03. The summed E-state index contributed by atoms with van der Waals surface area (Å²) in [6.45, 7) is 1.78. The molecule has 1 saturated carbocycles. The van der Waals surface area contributed by atoms with Crippen molar-refractivity contribution < 1.29 is 13.9 Å². The van der Waals surface area contributed by atoms with E-state index in [2.05, 4.69) is 0 Å². The van der Waals surface area contributed by atoms with Crippen LogP contribution in [0.3, 0.4) is 0 Å². The monoisotopic (exact) mass is 248 g/mol. The highest BCUT2D eigenvalue weighted by atomic mass is 19.1. The zero-order valence-corrected chi connectivity index (χ0v) is 10.4. The third-order valence-corrected chi connectivity index (χ3v) is 3.92. The molecule has 0 saturated heterocycles. The molecule has 1 aromatic carbocycles. The van der Waals surface area contributed by atoms with Crippen LogP contribution in [-0.4, -0.2) is 5.11 Å². The Balaban J connectivity index is 1.92. The second-order valence-electron chi connectivity index (χ2n) is 5.57. The normalized spacial score (nSPS) is 19.7. The van der Waals surface area contributed by atoms with Crippen LogP contribution in [0.1, 0.15) is 38.4 Å². The molecule has 1 fully saturated rings. The highest BCUT2D eigenvalue weighted by molar-refractivity contribution is 5.78. The molecule has 1 unspecified atom stereocenters. The molecule has 2 aromatic rings. The van der Waals surface area contributed by atoms with Crippen LogP contribution in [0, 0.1) is 11.7 Å². The van der Waals surface area contributed by atoms with Crippen molar-refractivity contribution in [3.63, 3.8) is 0 Å². The van der Waals surface area contributed by atoms with E-state index in [-0.39, 0.29) is 5.82 Å². The summed E-state index contributed by atoms with van der Waals surface area (Å²) in [5.74, 6) is 0.841. The van der Waals surface area contributed by atoms with Gasteiger partial charge in [0.2, 0.25) is 0 Å². The maximum absolute atomic E-state index is 13.1. The zero-order valence-electron chi connectivity index (χ0n) is 10.4. The van der Waals surface area contributed by atoms with Crippen molar-refractivity contribution in [3.8, 4) is 0 Å². The Hall–Kier alpha value is -1.35. The van der Waals surface area contributed by atoms with Gasteiger partial charge in [-0.2, -0.15) is 0 Å². The Bertz CT molecular complexity index is 567. The Morgan fingerprint density at radius 2 is 2.17 bits per heavy atom. The number of fused-ring (bicyclic) bond motifs is 1. The molecule has 2 nitrogen and oxygen atoms in total. The maximum Gasteiger partial charge on any atom is 0.136 e. The summed E-state index contributed by atoms with van der Waals surface area (Å²) in [5, 5.41) is 11.2. The van der Waals surface area contributed by atoms with Crippen molar-refractivity contribution in [2.24, 2.45) is 5.92 Å². The Labute approximate surface area is 105 Å². The molecule has 1 aliphatic carbocycles. The van der Waals surface area contributed by atoms with E-state index in [1.807, 2.05) is 0 Å². The lowest BCUT2D eigenvalue weighted by atomic mass is 9.77. The van der Waals surface area contributed by atoms with Gasteiger partial charge in [-0.1, -0.05) is 19.3 Å². The molecular weight excluding hydrogens is 231 g/mol. The lowest BCUT2D eigenvalue weighted by Gasteiger charge is -2.32. The summed E-state index contributed by atoms with van der Waals surface area (Å²) in [6.07, 6.45) is 4.34. The largest absolute Gasteiger partial charge is 0.458 e. The van der Waals surface area contributed by atoms with E-state index in [9.17, 15) is 9.50 Å². The number of aliphatic hydroxyl groups is 1. The van der Waals surface area contributed by atoms with Crippen LogP contribution < -0.4 is 0 Å². The topological polar surface area (TPSA) is 33.4 Å². The van der Waals surface area contributed by atoms with Gasteiger partial charge in [-0.25, -0.2) is 4.39 Å². The lowest BCUT2D eigenvalue weighted by Crippen LogP contribution is -2.27. The first-order chi connectivity index (χ1) is 8.54. The maximum atomic E-state index is 13.1. The molecule has 1 heterocycles. The molecule has 1 aromatic heterocycles. The van der Waals surface area contributed by atoms with Gasteiger partial charge < -0.3 is 9.52 Å². The zero-order chi connectivity index (χ0) is 12.8. The standard InChI is InChI=1S/C15H17FO2/c1-15(17,9-10-3-2-4-10)14-8-11-7-12(16)5-6-13(11)18-14/h5-8,10,17H,2-4,9H2,1H3. The summed E-state index contributed by atoms with van der Waals surface area (Å²) >= 11 is 0. The summed E-state index contributed by atoms with van der Waals surface area (Å²) < 4.78 is 18.8. The molecule has 3 rings (SSSR count). The summed E-state index contributed by atoms with van der Waals surface area (Å²) in [7, 11) is 0. The molecule has 0 aliphatic heterocycles. The van der Waals surface area contributed by atoms with Gasteiger partial charge in [-0.05, 0) is 43.5 Å². The van der Waals surface area contributed by atoms with Gasteiger partial charge in [0.25, 0.3) is 0 Å². The van der Waals surface area contributed by atoms with Gasteiger partial charge in [0.05, 0.1) is 0 Å². The van der Waals surface area contributed by atoms with E-state index < -0.39 is 5.60 Å². The van der Waals surface area contributed by atoms with Gasteiger partial charge in [-0.15, -0.1) is 0 Å². The van der Waals surface area contributed by atoms with Crippen molar-refractivity contribution >= 4 is 11.0 Å². The fourth-order valence-electron chi connectivity index (χ4n) is 2.64. The molecule has 0 radical (unpaired) electrons. The molecule has 0 bridgehead atoms. The number of hydrogen-bond donors (Lipinski definition) is 1. The van der Waals surface area contributed by atoms with Gasteiger partial charge in [0, 0.05) is 5.39 Å². The highest BCUT2D eigenvalue weighted by Gasteiger charge is 2.33. The van der Waals surface area contributed by atoms with Crippen LogP contribution in [0.25, 0.3) is 11.0 Å². The number of rotatable bonds is 3. The first-order valence-corrected chi connectivity index (χ1v) is 6.46. The quantitative estimate of drug-likeness (QED) is 0.891. The average Bonchev–Trinajstić information content (AvgIpc) is 2.67.